The number of fused-ring (bicyclic) bond motifs is 6. The molecule has 8 nitrogen and oxygen atoms in total. The summed E-state index contributed by atoms with van der Waals surface area (Å²) >= 11 is 1.27. The van der Waals surface area contributed by atoms with Crippen LogP contribution < -0.4 is 0 Å². The fourth-order valence-electron chi connectivity index (χ4n) is 9.39. The molecule has 1 aromatic heterocycles. The average Bonchev–Trinajstić information content (AvgIpc) is 3.63. The Hall–Kier alpha value is -2.98. The van der Waals surface area contributed by atoms with Crippen molar-refractivity contribution in [2.75, 3.05) is 0 Å². The minimum atomic E-state index is -1.68. The van der Waals surface area contributed by atoms with Crippen molar-refractivity contribution in [1.82, 2.24) is 9.78 Å². The first-order chi connectivity index (χ1) is 20.0. The van der Waals surface area contributed by atoms with Gasteiger partial charge >= 0.3 is 11.9 Å². The van der Waals surface area contributed by atoms with Crippen LogP contribution in [0.4, 0.5) is 4.39 Å². The van der Waals surface area contributed by atoms with Crippen LogP contribution >= 0.6 is 11.8 Å². The SMILES string of the molecule is CC1N=CSC1C(=O)O[C@]1(C(=O)O)CC[C@H]2[C@@H]3CCC4=Cc5c(cnn5-c5ccc(F)cc5)C[C@]4(C)[C@H]3[C@@H](O)C[C@@]21C. The Balaban J connectivity index is 1.20. The molecule has 2 aromatic rings. The number of carboxylic acid groups (broad SMARTS) is 1. The molecule has 0 amide bonds. The Kier molecular flexibility index (Phi) is 6.30. The van der Waals surface area contributed by atoms with Crippen molar-refractivity contribution in [1.29, 1.82) is 0 Å². The van der Waals surface area contributed by atoms with Crippen LogP contribution in [0.3, 0.4) is 0 Å². The number of carbonyl (C=O) groups is 2. The third-order valence-electron chi connectivity index (χ3n) is 11.4. The Bertz CT molecular complexity index is 1520. The van der Waals surface area contributed by atoms with Gasteiger partial charge in [0.2, 0.25) is 5.60 Å². The number of nitrogens with zero attached hydrogens (tertiary/aromatic N) is 3. The zero-order valence-electron chi connectivity index (χ0n) is 24.0. The molecule has 2 heterocycles. The molecule has 10 heteroatoms. The maximum absolute atomic E-state index is 13.6. The monoisotopic (exact) mass is 593 g/mol. The molecule has 9 atom stereocenters. The number of thioether (sulfide) groups is 1. The van der Waals surface area contributed by atoms with E-state index in [-0.39, 0.29) is 47.9 Å². The van der Waals surface area contributed by atoms with Gasteiger partial charge in [-0.3, -0.25) is 9.79 Å². The second-order valence-corrected chi connectivity index (χ2v) is 14.4. The summed E-state index contributed by atoms with van der Waals surface area (Å²) in [6, 6.07) is 6.03. The number of carbonyl (C=O) groups excluding carboxylic acids is 1. The first kappa shape index (κ1) is 27.8. The van der Waals surface area contributed by atoms with Crippen molar-refractivity contribution in [2.45, 2.75) is 82.3 Å². The molecule has 1 aliphatic heterocycles. The second-order valence-electron chi connectivity index (χ2n) is 13.4. The van der Waals surface area contributed by atoms with Crippen molar-refractivity contribution in [3.05, 3.63) is 53.1 Å². The highest BCUT2D eigenvalue weighted by Gasteiger charge is 2.71. The summed E-state index contributed by atoms with van der Waals surface area (Å²) in [7, 11) is 0. The van der Waals surface area contributed by atoms with Crippen LogP contribution in [-0.4, -0.2) is 60.5 Å². The van der Waals surface area contributed by atoms with Crippen LogP contribution in [0.15, 0.2) is 41.0 Å². The van der Waals surface area contributed by atoms with Gasteiger partial charge in [0.05, 0.1) is 35.3 Å². The van der Waals surface area contributed by atoms with Gasteiger partial charge in [0.1, 0.15) is 11.1 Å². The van der Waals surface area contributed by atoms with E-state index < -0.39 is 34.3 Å². The third-order valence-corrected chi connectivity index (χ3v) is 12.5. The number of carboxylic acids is 1. The average molecular weight is 594 g/mol. The molecule has 2 N–H and O–H groups in total. The smallest absolute Gasteiger partial charge is 0.348 e. The first-order valence-corrected chi connectivity index (χ1v) is 15.8. The van der Waals surface area contributed by atoms with E-state index in [1.165, 1.54) is 29.5 Å². The summed E-state index contributed by atoms with van der Waals surface area (Å²) in [6.45, 7) is 5.99. The van der Waals surface area contributed by atoms with Gasteiger partial charge in [0.25, 0.3) is 0 Å². The van der Waals surface area contributed by atoms with E-state index in [1.807, 2.05) is 24.7 Å². The summed E-state index contributed by atoms with van der Waals surface area (Å²) < 4.78 is 21.5. The molecule has 3 saturated carbocycles. The number of benzene rings is 1. The number of rotatable bonds is 4. The molecule has 0 saturated heterocycles. The van der Waals surface area contributed by atoms with Crippen LogP contribution in [0.2, 0.25) is 0 Å². The summed E-state index contributed by atoms with van der Waals surface area (Å²) in [5.41, 5.74) is 2.87. The van der Waals surface area contributed by atoms with Crippen LogP contribution in [0.5, 0.6) is 0 Å². The maximum atomic E-state index is 13.6. The molecule has 42 heavy (non-hydrogen) atoms. The summed E-state index contributed by atoms with van der Waals surface area (Å²) in [6.07, 6.45) is 6.83. The highest BCUT2D eigenvalue weighted by atomic mass is 32.2. The molecule has 0 bridgehead atoms. The number of halogens is 1. The standard InChI is InChI=1S/C32H36FN3O5S/c1-17-27(42-16-34-17)28(38)41-32(29(39)40)11-10-23-22-9-4-19-12-24-18(15-35-36(24)21-7-5-20(33)6-8-21)13-30(19,2)26(22)25(37)14-31(23,32)3/h5-8,12,15-17,22-23,25-27,37H,4,9-11,13-14H2,1-3H3,(H,39,40)/t17?,22-,23-,25-,26+,27?,30-,31-,32-/m0/s1. The Morgan fingerprint density at radius 2 is 1.95 bits per heavy atom. The fourth-order valence-corrected chi connectivity index (χ4v) is 10.2. The van der Waals surface area contributed by atoms with Crippen molar-refractivity contribution >= 4 is 35.3 Å². The largest absolute Gasteiger partial charge is 0.478 e. The minimum absolute atomic E-state index is 0.00131. The molecule has 0 spiro atoms. The molecule has 4 aliphatic carbocycles. The number of aliphatic hydroxyl groups is 1. The molecule has 3 fully saturated rings. The lowest BCUT2D eigenvalue weighted by Gasteiger charge is -2.60. The van der Waals surface area contributed by atoms with Crippen LogP contribution in [0, 0.1) is 34.4 Å². The zero-order valence-corrected chi connectivity index (χ0v) is 24.8. The molecule has 5 aliphatic rings. The zero-order chi connectivity index (χ0) is 29.6. The van der Waals surface area contributed by atoms with Gasteiger partial charge in [0.15, 0.2) is 0 Å². The molecular formula is C32H36FN3O5S. The summed E-state index contributed by atoms with van der Waals surface area (Å²) in [5.74, 6) is -1.92. The van der Waals surface area contributed by atoms with Gasteiger partial charge in [0, 0.05) is 5.41 Å². The van der Waals surface area contributed by atoms with Crippen LogP contribution in [0.1, 0.15) is 64.1 Å². The fraction of sp³-hybridized carbons (Fsp3) is 0.562. The molecular weight excluding hydrogens is 557 g/mol. The Labute approximate surface area is 248 Å². The predicted molar refractivity (Wildman–Crippen MR) is 157 cm³/mol. The Morgan fingerprint density at radius 3 is 2.64 bits per heavy atom. The van der Waals surface area contributed by atoms with E-state index in [4.69, 9.17) is 4.74 Å². The molecule has 7 rings (SSSR count). The maximum Gasteiger partial charge on any atom is 0.348 e. The number of hydrogen-bond acceptors (Lipinski definition) is 7. The Morgan fingerprint density at radius 1 is 1.19 bits per heavy atom. The van der Waals surface area contributed by atoms with Gasteiger partial charge in [-0.2, -0.15) is 5.10 Å². The van der Waals surface area contributed by atoms with E-state index >= 15 is 0 Å². The van der Waals surface area contributed by atoms with Crippen molar-refractivity contribution in [3.8, 4) is 5.69 Å². The van der Waals surface area contributed by atoms with Crippen LogP contribution in [-0.2, 0) is 20.7 Å². The van der Waals surface area contributed by atoms with E-state index in [0.717, 1.165) is 29.8 Å². The molecule has 1 aromatic carbocycles. The number of aromatic nitrogens is 2. The lowest BCUT2D eigenvalue weighted by molar-refractivity contribution is -0.210. The number of aliphatic hydroxyl groups excluding tert-OH is 1. The number of aliphatic imine (C=N–C) groups is 1. The van der Waals surface area contributed by atoms with E-state index in [0.29, 0.717) is 12.8 Å². The van der Waals surface area contributed by atoms with Crippen molar-refractivity contribution < 1.29 is 28.9 Å². The second kappa shape index (κ2) is 9.51. The van der Waals surface area contributed by atoms with Gasteiger partial charge in [-0.1, -0.05) is 31.2 Å². The van der Waals surface area contributed by atoms with Gasteiger partial charge < -0.3 is 14.9 Å². The van der Waals surface area contributed by atoms with Crippen molar-refractivity contribution in [3.63, 3.8) is 0 Å². The van der Waals surface area contributed by atoms with Gasteiger partial charge in [-0.25, -0.2) is 13.9 Å². The number of aliphatic carboxylic acids is 1. The lowest BCUT2D eigenvalue weighted by atomic mass is 9.45. The van der Waals surface area contributed by atoms with E-state index in [2.05, 4.69) is 23.1 Å². The highest BCUT2D eigenvalue weighted by molar-refractivity contribution is 8.13. The lowest BCUT2D eigenvalue weighted by Crippen LogP contribution is -2.63. The molecule has 2 unspecified atom stereocenters. The first-order valence-electron chi connectivity index (χ1n) is 14.8. The summed E-state index contributed by atoms with van der Waals surface area (Å²) in [5, 5.41) is 26.7. The van der Waals surface area contributed by atoms with Gasteiger partial charge in [-0.05, 0) is 105 Å². The summed E-state index contributed by atoms with van der Waals surface area (Å²) in [4.78, 5) is 30.6. The quantitative estimate of drug-likeness (QED) is 0.476. The van der Waals surface area contributed by atoms with Crippen molar-refractivity contribution in [2.24, 2.45) is 33.6 Å². The van der Waals surface area contributed by atoms with Gasteiger partial charge in [-0.15, -0.1) is 0 Å². The molecule has 222 valence electrons. The normalized spacial score (nSPS) is 40.0. The number of hydrogen-bond donors (Lipinski definition) is 2. The van der Waals surface area contributed by atoms with E-state index in [9.17, 15) is 24.2 Å². The third kappa shape index (κ3) is 3.76. The molecule has 0 radical (unpaired) electrons. The van der Waals surface area contributed by atoms with E-state index in [1.54, 1.807) is 17.7 Å². The highest BCUT2D eigenvalue weighted by Crippen LogP contribution is 2.68. The topological polar surface area (TPSA) is 114 Å². The van der Waals surface area contributed by atoms with Crippen LogP contribution in [0.25, 0.3) is 11.8 Å². The minimum Gasteiger partial charge on any atom is -0.478 e. The predicted octanol–water partition coefficient (Wildman–Crippen LogP) is 5.06. The number of allylic oxidation sites excluding steroid dienone is 1. The number of esters is 1. The number of ether oxygens (including phenoxy) is 1.